The maximum absolute atomic E-state index is 9.04. The molecule has 0 aromatic heterocycles. The van der Waals surface area contributed by atoms with Gasteiger partial charge in [0.2, 0.25) is 0 Å². The molecule has 1 unspecified atom stereocenters. The first-order chi connectivity index (χ1) is 6.97. The Morgan fingerprint density at radius 1 is 1.27 bits per heavy atom. The molecule has 0 aromatic rings. The Kier molecular flexibility index (Phi) is 4.05. The number of aliphatic imine (C=N–C) groups is 1. The van der Waals surface area contributed by atoms with Gasteiger partial charge in [-0.1, -0.05) is 20.8 Å². The first kappa shape index (κ1) is 12.4. The molecule has 15 heavy (non-hydrogen) atoms. The van der Waals surface area contributed by atoms with E-state index in [1.165, 1.54) is 12.8 Å². The molecule has 0 radical (unpaired) electrons. The molecule has 86 valence electrons. The molecule has 3 nitrogen and oxygen atoms in total. The van der Waals surface area contributed by atoms with Gasteiger partial charge in [-0.3, -0.25) is 4.48 Å². The van der Waals surface area contributed by atoms with Crippen LogP contribution in [0.5, 0.6) is 0 Å². The maximum atomic E-state index is 9.04. The summed E-state index contributed by atoms with van der Waals surface area (Å²) in [5.41, 5.74) is 0.393. The average Bonchev–Trinajstić information content (AvgIpc) is 2.52. The third kappa shape index (κ3) is 4.14. The Morgan fingerprint density at radius 2 is 2.00 bits per heavy atom. The molecule has 0 aliphatic carbocycles. The minimum Gasteiger partial charge on any atom is -0.390 e. The van der Waals surface area contributed by atoms with Crippen molar-refractivity contribution in [1.29, 1.82) is 0 Å². The number of aliphatic hydroxyl groups is 1. The molecule has 1 aliphatic heterocycles. The summed E-state index contributed by atoms with van der Waals surface area (Å²) in [5.74, 6) is 0. The Morgan fingerprint density at radius 3 is 2.47 bits per heavy atom. The molecule has 0 saturated heterocycles. The fourth-order valence-corrected chi connectivity index (χ4v) is 1.85. The van der Waals surface area contributed by atoms with E-state index in [0.717, 1.165) is 13.1 Å². The largest absolute Gasteiger partial charge is 0.390 e. The number of quaternary nitrogens is 1. The summed E-state index contributed by atoms with van der Waals surface area (Å²) in [4.78, 5) is 4.13. The molecule has 0 bridgehead atoms. The predicted octanol–water partition coefficient (Wildman–Crippen LogP) is 2.13. The number of rotatable bonds is 5. The number of hydrogen-bond acceptors (Lipinski definition) is 2. The summed E-state index contributed by atoms with van der Waals surface area (Å²) in [6.45, 7) is 8.78. The van der Waals surface area contributed by atoms with Crippen molar-refractivity contribution in [3.05, 3.63) is 12.4 Å². The highest BCUT2D eigenvalue weighted by molar-refractivity contribution is 5.50. The molecule has 3 heteroatoms. The summed E-state index contributed by atoms with van der Waals surface area (Å²) in [5, 5.41) is 9.04. The summed E-state index contributed by atoms with van der Waals surface area (Å²) < 4.78 is 0.715. The zero-order valence-corrected chi connectivity index (χ0v) is 10.1. The van der Waals surface area contributed by atoms with Crippen LogP contribution in [0.1, 0.15) is 33.6 Å². The van der Waals surface area contributed by atoms with E-state index in [0.29, 0.717) is 9.90 Å². The molecule has 0 aromatic carbocycles. The Bertz CT molecular complexity index is 239. The first-order valence-corrected chi connectivity index (χ1v) is 5.67. The van der Waals surface area contributed by atoms with E-state index in [9.17, 15) is 0 Å². The van der Waals surface area contributed by atoms with Gasteiger partial charge in [0.05, 0.1) is 19.4 Å². The van der Waals surface area contributed by atoms with Gasteiger partial charge in [-0.25, -0.2) is 4.99 Å². The van der Waals surface area contributed by atoms with Crippen LogP contribution in [0.15, 0.2) is 17.4 Å². The molecule has 0 fully saturated rings. The first-order valence-electron chi connectivity index (χ1n) is 5.67. The van der Waals surface area contributed by atoms with Crippen LogP contribution in [0.25, 0.3) is 0 Å². The summed E-state index contributed by atoms with van der Waals surface area (Å²) in [7, 11) is 0. The zero-order chi connectivity index (χ0) is 11.4. The molecular formula is C12H23N2O+. The standard InChI is InChI=1S/C12H23N2O/c1-12(2,3)5-4-7-14(9-10-15)8-6-13-11-14/h6,8,11,15H,4-5,7,9-10H2,1-3H3/q+1. The van der Waals surface area contributed by atoms with E-state index in [1.807, 2.05) is 12.5 Å². The summed E-state index contributed by atoms with van der Waals surface area (Å²) in [6.07, 6.45) is 8.20. The van der Waals surface area contributed by atoms with Crippen molar-refractivity contribution >= 4 is 6.34 Å². The van der Waals surface area contributed by atoms with Crippen LogP contribution in [-0.2, 0) is 0 Å². The third-order valence-corrected chi connectivity index (χ3v) is 2.76. The van der Waals surface area contributed by atoms with Crippen molar-refractivity contribution in [3.63, 3.8) is 0 Å². The van der Waals surface area contributed by atoms with E-state index in [2.05, 4.69) is 32.0 Å². The SMILES string of the molecule is CC(C)(C)CCC[N+]1(CCO)C=CN=C1. The van der Waals surface area contributed by atoms with Crippen LogP contribution < -0.4 is 0 Å². The minimum absolute atomic E-state index is 0.214. The van der Waals surface area contributed by atoms with Gasteiger partial charge in [-0.05, 0) is 18.3 Å². The van der Waals surface area contributed by atoms with Gasteiger partial charge in [0.15, 0.2) is 6.34 Å². The van der Waals surface area contributed by atoms with Gasteiger partial charge in [0.25, 0.3) is 0 Å². The molecule has 1 rings (SSSR count). The van der Waals surface area contributed by atoms with Gasteiger partial charge in [0.1, 0.15) is 12.7 Å². The normalized spacial score (nSPS) is 25.1. The molecular weight excluding hydrogens is 188 g/mol. The highest BCUT2D eigenvalue weighted by Crippen LogP contribution is 2.22. The van der Waals surface area contributed by atoms with Crippen molar-refractivity contribution in [2.75, 3.05) is 19.7 Å². The van der Waals surface area contributed by atoms with Crippen LogP contribution in [-0.4, -0.2) is 35.6 Å². The highest BCUT2D eigenvalue weighted by atomic mass is 16.3. The molecule has 1 aliphatic rings. The fraction of sp³-hybridized carbons (Fsp3) is 0.750. The van der Waals surface area contributed by atoms with Gasteiger partial charge >= 0.3 is 0 Å². The number of hydrogen-bond donors (Lipinski definition) is 1. The quantitative estimate of drug-likeness (QED) is 0.694. The maximum Gasteiger partial charge on any atom is 0.194 e. The van der Waals surface area contributed by atoms with E-state index >= 15 is 0 Å². The summed E-state index contributed by atoms with van der Waals surface area (Å²) in [6, 6.07) is 0. The third-order valence-electron chi connectivity index (χ3n) is 2.76. The van der Waals surface area contributed by atoms with E-state index in [-0.39, 0.29) is 6.61 Å². The van der Waals surface area contributed by atoms with Crippen LogP contribution in [0.3, 0.4) is 0 Å². The van der Waals surface area contributed by atoms with Crippen molar-refractivity contribution in [2.24, 2.45) is 10.4 Å². The molecule has 1 N–H and O–H groups in total. The van der Waals surface area contributed by atoms with Crippen molar-refractivity contribution in [2.45, 2.75) is 33.6 Å². The second-order valence-corrected chi connectivity index (χ2v) is 5.50. The topological polar surface area (TPSA) is 32.6 Å². The van der Waals surface area contributed by atoms with Crippen LogP contribution in [0, 0.1) is 5.41 Å². The van der Waals surface area contributed by atoms with Gasteiger partial charge in [0, 0.05) is 0 Å². The Labute approximate surface area is 92.7 Å². The van der Waals surface area contributed by atoms with Gasteiger partial charge < -0.3 is 5.11 Å². The lowest BCUT2D eigenvalue weighted by Gasteiger charge is -2.28. The zero-order valence-electron chi connectivity index (χ0n) is 10.1. The van der Waals surface area contributed by atoms with Crippen LogP contribution >= 0.6 is 0 Å². The van der Waals surface area contributed by atoms with Crippen molar-refractivity contribution < 1.29 is 9.59 Å². The lowest BCUT2D eigenvalue weighted by Crippen LogP contribution is -2.43. The number of aliphatic hydroxyl groups excluding tert-OH is 1. The number of nitrogens with zero attached hydrogens (tertiary/aromatic N) is 2. The molecule has 0 amide bonds. The van der Waals surface area contributed by atoms with E-state index in [4.69, 9.17) is 5.11 Å². The molecule has 1 atom stereocenters. The second kappa shape index (κ2) is 4.90. The smallest absolute Gasteiger partial charge is 0.194 e. The molecule has 1 heterocycles. The van der Waals surface area contributed by atoms with E-state index in [1.54, 1.807) is 0 Å². The molecule has 0 spiro atoms. The predicted molar refractivity (Wildman–Crippen MR) is 63.4 cm³/mol. The monoisotopic (exact) mass is 211 g/mol. The minimum atomic E-state index is 0.214. The summed E-state index contributed by atoms with van der Waals surface area (Å²) >= 11 is 0. The van der Waals surface area contributed by atoms with E-state index < -0.39 is 0 Å². The van der Waals surface area contributed by atoms with Crippen molar-refractivity contribution in [3.8, 4) is 0 Å². The van der Waals surface area contributed by atoms with Crippen LogP contribution in [0.2, 0.25) is 0 Å². The highest BCUT2D eigenvalue weighted by Gasteiger charge is 2.25. The molecule has 0 saturated carbocycles. The lowest BCUT2D eigenvalue weighted by atomic mass is 9.90. The van der Waals surface area contributed by atoms with Crippen molar-refractivity contribution in [1.82, 2.24) is 0 Å². The van der Waals surface area contributed by atoms with Crippen LogP contribution in [0.4, 0.5) is 0 Å². The fourth-order valence-electron chi connectivity index (χ4n) is 1.85. The average molecular weight is 211 g/mol. The van der Waals surface area contributed by atoms with Gasteiger partial charge in [-0.15, -0.1) is 0 Å². The van der Waals surface area contributed by atoms with Gasteiger partial charge in [-0.2, -0.15) is 0 Å². The Hall–Kier alpha value is -0.670. The lowest BCUT2D eigenvalue weighted by molar-refractivity contribution is -0.780. The second-order valence-electron chi connectivity index (χ2n) is 5.50. The Balaban J connectivity index is 2.40.